The van der Waals surface area contributed by atoms with Crippen molar-refractivity contribution in [2.75, 3.05) is 13.2 Å². The van der Waals surface area contributed by atoms with Crippen LogP contribution >= 0.6 is 15.9 Å². The van der Waals surface area contributed by atoms with Gasteiger partial charge in [0, 0.05) is 40.6 Å². The van der Waals surface area contributed by atoms with Crippen LogP contribution in [0.15, 0.2) is 40.9 Å². The minimum atomic E-state index is -2.93. The molecule has 0 spiro atoms. The summed E-state index contributed by atoms with van der Waals surface area (Å²) in [7, 11) is 0. The zero-order valence-corrected chi connectivity index (χ0v) is 22.1. The van der Waals surface area contributed by atoms with E-state index >= 15 is 0 Å². The predicted molar refractivity (Wildman–Crippen MR) is 139 cm³/mol. The molecule has 0 bridgehead atoms. The molecule has 5 rings (SSSR count). The van der Waals surface area contributed by atoms with E-state index in [-0.39, 0.29) is 18.9 Å². The lowest BCUT2D eigenvalue weighted by Crippen LogP contribution is -2.45. The van der Waals surface area contributed by atoms with Gasteiger partial charge in [0.25, 0.3) is 6.43 Å². The Kier molecular flexibility index (Phi) is 6.62. The van der Waals surface area contributed by atoms with Crippen LogP contribution in [0.1, 0.15) is 61.5 Å². The van der Waals surface area contributed by atoms with E-state index in [1.54, 1.807) is 4.90 Å². The Labute approximate surface area is 218 Å². The number of fused-ring (bicyclic) bond motifs is 2. The van der Waals surface area contributed by atoms with Crippen molar-refractivity contribution in [1.29, 1.82) is 0 Å². The smallest absolute Gasteiger partial charge is 0.267 e. The topological polar surface area (TPSA) is 65.6 Å². The summed E-state index contributed by atoms with van der Waals surface area (Å²) in [5.74, 6) is 0.745. The number of nitrogens with zero attached hydrogens (tertiary/aromatic N) is 1. The van der Waals surface area contributed by atoms with Crippen molar-refractivity contribution in [1.82, 2.24) is 9.88 Å². The number of halogens is 3. The Morgan fingerprint density at radius 1 is 1.28 bits per heavy atom. The average molecular weight is 561 g/mol. The highest BCUT2D eigenvalue weighted by Gasteiger charge is 2.45. The Morgan fingerprint density at radius 3 is 2.83 bits per heavy atom. The number of hydrogen-bond acceptors (Lipinski definition) is 3. The molecule has 1 fully saturated rings. The van der Waals surface area contributed by atoms with E-state index in [0.717, 1.165) is 70.0 Å². The number of nitrogens with one attached hydrogen (secondary N) is 1. The Bertz CT molecular complexity index is 1290. The quantitative estimate of drug-likeness (QED) is 0.329. The number of likely N-dealkylation sites (tertiary alicyclic amines) is 1. The fourth-order valence-electron chi connectivity index (χ4n) is 5.97. The average Bonchev–Trinajstić information content (AvgIpc) is 3.55. The second-order valence-electron chi connectivity index (χ2n) is 10.8. The molecule has 2 atom stereocenters. The molecule has 1 amide bonds. The van der Waals surface area contributed by atoms with Gasteiger partial charge in [0.15, 0.2) is 0 Å². The summed E-state index contributed by atoms with van der Waals surface area (Å²) in [6, 6.07) is 11.7. The second-order valence-corrected chi connectivity index (χ2v) is 11.7. The lowest BCUT2D eigenvalue weighted by molar-refractivity contribution is -0.118. The van der Waals surface area contributed by atoms with Gasteiger partial charge in [0.1, 0.15) is 11.4 Å². The maximum Gasteiger partial charge on any atom is 0.267 e. The first-order valence-electron chi connectivity index (χ1n) is 12.4. The van der Waals surface area contributed by atoms with Gasteiger partial charge in [-0.2, -0.15) is 0 Å². The number of aliphatic hydroxyl groups is 1. The minimum Gasteiger partial charge on any atom is -0.493 e. The lowest BCUT2D eigenvalue weighted by atomic mass is 9.73. The Balaban J connectivity index is 1.42. The van der Waals surface area contributed by atoms with E-state index in [4.69, 9.17) is 4.74 Å². The van der Waals surface area contributed by atoms with Gasteiger partial charge in [-0.25, -0.2) is 8.78 Å². The Hall–Kier alpha value is -2.45. The summed E-state index contributed by atoms with van der Waals surface area (Å²) in [5.41, 5.74) is 1.28. The Morgan fingerprint density at radius 2 is 2.08 bits per heavy atom. The highest BCUT2D eigenvalue weighted by Crippen LogP contribution is 2.45. The van der Waals surface area contributed by atoms with Crippen molar-refractivity contribution >= 4 is 33.2 Å². The predicted octanol–water partition coefficient (Wildman–Crippen LogP) is 6.07. The maximum atomic E-state index is 14.4. The fourth-order valence-corrected chi connectivity index (χ4v) is 6.47. The van der Waals surface area contributed by atoms with Gasteiger partial charge in [-0.3, -0.25) is 4.79 Å². The molecule has 192 valence electrons. The largest absolute Gasteiger partial charge is 0.493 e. The molecule has 3 heterocycles. The molecule has 2 aromatic carbocycles. The monoisotopic (exact) mass is 560 g/mol. The zero-order valence-electron chi connectivity index (χ0n) is 20.5. The number of ether oxygens (including phenoxy) is 1. The van der Waals surface area contributed by atoms with E-state index in [9.17, 15) is 18.7 Å². The van der Waals surface area contributed by atoms with Gasteiger partial charge in [-0.1, -0.05) is 35.8 Å². The van der Waals surface area contributed by atoms with Gasteiger partial charge >= 0.3 is 0 Å². The van der Waals surface area contributed by atoms with Crippen molar-refractivity contribution in [3.8, 4) is 5.75 Å². The van der Waals surface area contributed by atoms with Gasteiger partial charge in [0.2, 0.25) is 6.41 Å². The van der Waals surface area contributed by atoms with Gasteiger partial charge in [-0.05, 0) is 71.5 Å². The zero-order chi connectivity index (χ0) is 25.7. The number of alkyl halides is 2. The third-order valence-electron chi connectivity index (χ3n) is 7.64. The maximum absolute atomic E-state index is 14.4. The number of H-pyrrole nitrogens is 1. The van der Waals surface area contributed by atoms with E-state index in [1.165, 1.54) is 0 Å². The molecule has 1 aromatic heterocycles. The molecular formula is C28H31BrF2N2O3. The molecule has 2 aliphatic rings. The number of amides is 1. The number of benzene rings is 2. The molecule has 0 aliphatic carbocycles. The standard InChI is InChI=1S/C28H31BrF2N2O3/c1-27(2,22-13-20(29)11-18-7-9-36-25(18)22)15-28(35,26(30)31)14-21-12-19-10-17(5-6-23(19)32-21)24-4-3-8-33(24)16-34/h5-6,10-13,16,24,26,32,35H,3-4,7-9,14-15H2,1-2H3. The van der Waals surface area contributed by atoms with Gasteiger partial charge in [-0.15, -0.1) is 0 Å². The van der Waals surface area contributed by atoms with Crippen LogP contribution in [-0.4, -0.2) is 46.6 Å². The number of carbonyl (C=O) groups is 1. The van der Waals surface area contributed by atoms with Crippen molar-refractivity contribution in [2.45, 2.75) is 69.4 Å². The van der Waals surface area contributed by atoms with Gasteiger partial charge in [0.05, 0.1) is 12.6 Å². The molecule has 0 saturated carbocycles. The van der Waals surface area contributed by atoms with Crippen molar-refractivity contribution in [2.24, 2.45) is 0 Å². The number of aromatic nitrogens is 1. The first-order chi connectivity index (χ1) is 17.1. The molecule has 2 aliphatic heterocycles. The van der Waals surface area contributed by atoms with Crippen LogP contribution in [0, 0.1) is 0 Å². The van der Waals surface area contributed by atoms with Crippen LogP contribution in [0.4, 0.5) is 8.78 Å². The first-order valence-corrected chi connectivity index (χ1v) is 13.2. The van der Waals surface area contributed by atoms with E-state index in [2.05, 4.69) is 20.9 Å². The minimum absolute atomic E-state index is 0.0400. The molecule has 2 N–H and O–H groups in total. The summed E-state index contributed by atoms with van der Waals surface area (Å²) < 4.78 is 35.6. The molecule has 5 nitrogen and oxygen atoms in total. The summed E-state index contributed by atoms with van der Waals surface area (Å²) in [4.78, 5) is 16.4. The summed E-state index contributed by atoms with van der Waals surface area (Å²) >= 11 is 3.54. The third-order valence-corrected chi connectivity index (χ3v) is 8.10. The number of aromatic amines is 1. The fraction of sp³-hybridized carbons (Fsp3) is 0.464. The summed E-state index contributed by atoms with van der Waals surface area (Å²) in [6.45, 7) is 5.06. The second kappa shape index (κ2) is 9.45. The molecule has 1 saturated heterocycles. The molecule has 3 aromatic rings. The van der Waals surface area contributed by atoms with E-state index in [1.807, 2.05) is 50.2 Å². The molecule has 8 heteroatoms. The molecule has 36 heavy (non-hydrogen) atoms. The van der Waals surface area contributed by atoms with Crippen molar-refractivity contribution in [3.63, 3.8) is 0 Å². The molecular weight excluding hydrogens is 530 g/mol. The first kappa shape index (κ1) is 25.2. The van der Waals surface area contributed by atoms with Crippen LogP contribution < -0.4 is 4.74 Å². The third kappa shape index (κ3) is 4.65. The van der Waals surface area contributed by atoms with Crippen molar-refractivity contribution in [3.05, 3.63) is 63.3 Å². The summed E-state index contributed by atoms with van der Waals surface area (Å²) in [6.07, 6.45) is 0.258. The number of rotatable bonds is 8. The van der Waals surface area contributed by atoms with Crippen LogP contribution in [0.5, 0.6) is 5.75 Å². The van der Waals surface area contributed by atoms with Crippen LogP contribution in [0.3, 0.4) is 0 Å². The normalized spacial score (nSPS) is 19.5. The molecule has 0 radical (unpaired) electrons. The number of hydrogen-bond donors (Lipinski definition) is 2. The van der Waals surface area contributed by atoms with Crippen molar-refractivity contribution < 1.29 is 23.4 Å². The van der Waals surface area contributed by atoms with Crippen LogP contribution in [0.25, 0.3) is 10.9 Å². The highest BCUT2D eigenvalue weighted by atomic mass is 79.9. The molecule has 2 unspecified atom stereocenters. The van der Waals surface area contributed by atoms with Gasteiger partial charge < -0.3 is 19.7 Å². The van der Waals surface area contributed by atoms with Crippen LogP contribution in [-0.2, 0) is 23.1 Å². The SMILES string of the molecule is CC(C)(CC(O)(Cc1cc2cc(C3CCCN3C=O)ccc2[nH]1)C(F)F)c1cc(Br)cc2c1OCC2. The lowest BCUT2D eigenvalue weighted by Gasteiger charge is -2.36. The number of carbonyl (C=O) groups excluding carboxylic acids is 1. The van der Waals surface area contributed by atoms with E-state index in [0.29, 0.717) is 12.3 Å². The van der Waals surface area contributed by atoms with Crippen LogP contribution in [0.2, 0.25) is 0 Å². The van der Waals surface area contributed by atoms with E-state index < -0.39 is 17.4 Å². The highest BCUT2D eigenvalue weighted by molar-refractivity contribution is 9.10. The summed E-state index contributed by atoms with van der Waals surface area (Å²) in [5, 5.41) is 12.2.